The Hall–Kier alpha value is -1.36. The maximum Gasteiger partial charge on any atom is 0.231 e. The summed E-state index contributed by atoms with van der Waals surface area (Å²) in [5, 5.41) is 9.75. The van der Waals surface area contributed by atoms with Crippen molar-refractivity contribution in [3.05, 3.63) is 11.8 Å². The van der Waals surface area contributed by atoms with Crippen molar-refractivity contribution in [3.8, 4) is 0 Å². The lowest BCUT2D eigenvalue weighted by molar-refractivity contribution is -0.119. The Morgan fingerprint density at radius 1 is 1.69 bits per heavy atom. The van der Waals surface area contributed by atoms with Crippen LogP contribution in [-0.4, -0.2) is 29.3 Å². The Labute approximate surface area is 94.6 Å². The highest BCUT2D eigenvalue weighted by molar-refractivity contribution is 5.91. The molecule has 0 radical (unpaired) electrons. The Bertz CT molecular complexity index is 367. The van der Waals surface area contributed by atoms with Crippen molar-refractivity contribution in [2.45, 2.75) is 26.2 Å². The van der Waals surface area contributed by atoms with E-state index < -0.39 is 0 Å². The maximum atomic E-state index is 11.7. The number of amides is 1. The number of H-pyrrole nitrogens is 1. The lowest BCUT2D eigenvalue weighted by Crippen LogP contribution is -2.22. The van der Waals surface area contributed by atoms with E-state index >= 15 is 0 Å². The van der Waals surface area contributed by atoms with Gasteiger partial charge in [0.2, 0.25) is 5.91 Å². The molecule has 1 amide bonds. The van der Waals surface area contributed by atoms with Crippen molar-refractivity contribution in [3.63, 3.8) is 0 Å². The van der Waals surface area contributed by atoms with E-state index in [0.29, 0.717) is 24.9 Å². The highest BCUT2D eigenvalue weighted by Gasteiger charge is 2.24. The van der Waals surface area contributed by atoms with Crippen LogP contribution in [0.3, 0.4) is 0 Å². The van der Waals surface area contributed by atoms with Crippen LogP contribution in [-0.2, 0) is 9.53 Å². The zero-order valence-corrected chi connectivity index (χ0v) is 9.62. The Kier molecular flexibility index (Phi) is 3.24. The van der Waals surface area contributed by atoms with Crippen molar-refractivity contribution in [1.82, 2.24) is 10.2 Å². The molecule has 1 aliphatic rings. The van der Waals surface area contributed by atoms with Gasteiger partial charge in [-0.25, -0.2) is 0 Å². The van der Waals surface area contributed by atoms with E-state index in [-0.39, 0.29) is 11.8 Å². The van der Waals surface area contributed by atoms with Crippen LogP contribution < -0.4 is 5.32 Å². The van der Waals surface area contributed by atoms with Gasteiger partial charge in [0.05, 0.1) is 12.5 Å². The third-order valence-corrected chi connectivity index (χ3v) is 2.77. The van der Waals surface area contributed by atoms with Gasteiger partial charge < -0.3 is 10.1 Å². The number of carbonyl (C=O) groups is 1. The molecule has 5 heteroatoms. The maximum absolute atomic E-state index is 11.7. The molecule has 1 aliphatic heterocycles. The molecule has 2 heterocycles. The quantitative estimate of drug-likeness (QED) is 0.816. The first-order valence-corrected chi connectivity index (χ1v) is 5.60. The fourth-order valence-corrected chi connectivity index (χ4v) is 1.67. The van der Waals surface area contributed by atoms with E-state index in [1.807, 2.05) is 6.07 Å². The van der Waals surface area contributed by atoms with Gasteiger partial charge in [0.25, 0.3) is 0 Å². The number of nitrogens with zero attached hydrogens (tertiary/aromatic N) is 1. The predicted molar refractivity (Wildman–Crippen MR) is 60.2 cm³/mol. The lowest BCUT2D eigenvalue weighted by atomic mass is 10.1. The largest absolute Gasteiger partial charge is 0.381 e. The molecule has 2 N–H and O–H groups in total. The molecule has 1 aromatic heterocycles. The summed E-state index contributed by atoms with van der Waals surface area (Å²) in [5.74, 6) is 0.951. The topological polar surface area (TPSA) is 67.0 Å². The Morgan fingerprint density at radius 2 is 2.50 bits per heavy atom. The number of aromatic amines is 1. The number of nitrogens with one attached hydrogen (secondary N) is 2. The molecule has 0 aliphatic carbocycles. The summed E-state index contributed by atoms with van der Waals surface area (Å²) < 4.78 is 5.17. The minimum atomic E-state index is -0.0285. The molecule has 0 saturated carbocycles. The van der Waals surface area contributed by atoms with Gasteiger partial charge in [0.1, 0.15) is 0 Å². The van der Waals surface area contributed by atoms with E-state index in [1.54, 1.807) is 0 Å². The van der Waals surface area contributed by atoms with E-state index in [1.165, 1.54) is 0 Å². The van der Waals surface area contributed by atoms with Gasteiger partial charge in [-0.15, -0.1) is 0 Å². The monoisotopic (exact) mass is 223 g/mol. The van der Waals surface area contributed by atoms with Crippen molar-refractivity contribution in [1.29, 1.82) is 0 Å². The minimum Gasteiger partial charge on any atom is -0.381 e. The minimum absolute atomic E-state index is 0.000642. The normalized spacial score (nSPS) is 20.3. The first-order chi connectivity index (χ1) is 7.66. The van der Waals surface area contributed by atoms with Gasteiger partial charge in [-0.2, -0.15) is 5.10 Å². The third kappa shape index (κ3) is 2.41. The summed E-state index contributed by atoms with van der Waals surface area (Å²) in [5.41, 5.74) is 1.03. The van der Waals surface area contributed by atoms with Gasteiger partial charge >= 0.3 is 0 Å². The Balaban J connectivity index is 1.95. The summed E-state index contributed by atoms with van der Waals surface area (Å²) in [6.45, 7) is 5.34. The highest BCUT2D eigenvalue weighted by atomic mass is 16.5. The van der Waals surface area contributed by atoms with Crippen LogP contribution in [0.1, 0.15) is 31.9 Å². The van der Waals surface area contributed by atoms with E-state index in [9.17, 15) is 4.79 Å². The molecule has 88 valence electrons. The summed E-state index contributed by atoms with van der Waals surface area (Å²) in [6.07, 6.45) is 0.799. The van der Waals surface area contributed by atoms with Crippen molar-refractivity contribution in [2.24, 2.45) is 5.92 Å². The van der Waals surface area contributed by atoms with Crippen molar-refractivity contribution >= 4 is 11.7 Å². The second-order valence-corrected chi connectivity index (χ2v) is 4.41. The zero-order valence-electron chi connectivity index (χ0n) is 9.62. The van der Waals surface area contributed by atoms with Crippen LogP contribution in [0.4, 0.5) is 5.82 Å². The van der Waals surface area contributed by atoms with Gasteiger partial charge in [-0.3, -0.25) is 9.89 Å². The number of hydrogen-bond donors (Lipinski definition) is 2. The van der Waals surface area contributed by atoms with Gasteiger partial charge in [0.15, 0.2) is 5.82 Å². The molecule has 16 heavy (non-hydrogen) atoms. The molecule has 1 unspecified atom stereocenters. The molecule has 0 aromatic carbocycles. The fraction of sp³-hybridized carbons (Fsp3) is 0.636. The summed E-state index contributed by atoms with van der Waals surface area (Å²) in [7, 11) is 0. The fourth-order valence-electron chi connectivity index (χ4n) is 1.67. The molecule has 1 aromatic rings. The average molecular weight is 223 g/mol. The molecule has 0 spiro atoms. The predicted octanol–water partition coefficient (Wildman–Crippen LogP) is 1.51. The van der Waals surface area contributed by atoms with Crippen LogP contribution >= 0.6 is 0 Å². The van der Waals surface area contributed by atoms with Gasteiger partial charge in [0, 0.05) is 18.4 Å². The standard InChI is InChI=1S/C11H17N3O2/c1-7(2)9-5-10(14-13-9)12-11(15)8-3-4-16-6-8/h5,7-8H,3-4,6H2,1-2H3,(H2,12,13,14,15). The van der Waals surface area contributed by atoms with E-state index in [0.717, 1.165) is 12.1 Å². The molecule has 2 rings (SSSR count). The van der Waals surface area contributed by atoms with Gasteiger partial charge in [-0.05, 0) is 12.3 Å². The number of ether oxygens (including phenoxy) is 1. The van der Waals surface area contributed by atoms with Crippen molar-refractivity contribution < 1.29 is 9.53 Å². The molecule has 0 bridgehead atoms. The van der Waals surface area contributed by atoms with Crippen LogP contribution in [0.5, 0.6) is 0 Å². The summed E-state index contributed by atoms with van der Waals surface area (Å²) >= 11 is 0. The molecule has 1 fully saturated rings. The van der Waals surface area contributed by atoms with Crippen LogP contribution in [0.15, 0.2) is 6.07 Å². The number of rotatable bonds is 3. The molecule has 5 nitrogen and oxygen atoms in total. The van der Waals surface area contributed by atoms with Gasteiger partial charge in [-0.1, -0.05) is 13.8 Å². The summed E-state index contributed by atoms with van der Waals surface area (Å²) in [6, 6.07) is 1.87. The average Bonchev–Trinajstić information content (AvgIpc) is 2.87. The lowest BCUT2D eigenvalue weighted by Gasteiger charge is -2.06. The van der Waals surface area contributed by atoms with Crippen LogP contribution in [0.2, 0.25) is 0 Å². The van der Waals surface area contributed by atoms with Crippen LogP contribution in [0.25, 0.3) is 0 Å². The number of hydrogen-bond acceptors (Lipinski definition) is 3. The zero-order chi connectivity index (χ0) is 11.5. The number of aromatic nitrogens is 2. The van der Waals surface area contributed by atoms with Crippen molar-refractivity contribution in [2.75, 3.05) is 18.5 Å². The SMILES string of the molecule is CC(C)c1cc(NC(=O)C2CCOC2)n[nH]1. The third-order valence-electron chi connectivity index (χ3n) is 2.77. The second kappa shape index (κ2) is 4.65. The second-order valence-electron chi connectivity index (χ2n) is 4.41. The molecular formula is C11H17N3O2. The van der Waals surface area contributed by atoms with E-state index in [4.69, 9.17) is 4.74 Å². The molecule has 1 saturated heterocycles. The van der Waals surface area contributed by atoms with Crippen LogP contribution in [0, 0.1) is 5.92 Å². The number of anilines is 1. The Morgan fingerprint density at radius 3 is 3.06 bits per heavy atom. The molecule has 1 atom stereocenters. The van der Waals surface area contributed by atoms with E-state index in [2.05, 4.69) is 29.4 Å². The highest BCUT2D eigenvalue weighted by Crippen LogP contribution is 2.17. The smallest absolute Gasteiger partial charge is 0.231 e. The summed E-state index contributed by atoms with van der Waals surface area (Å²) in [4.78, 5) is 11.7. The molecular weight excluding hydrogens is 206 g/mol. The first-order valence-electron chi connectivity index (χ1n) is 5.60. The number of carbonyl (C=O) groups excluding carboxylic acids is 1. The first kappa shape index (κ1) is 11.1.